The summed E-state index contributed by atoms with van der Waals surface area (Å²) in [5.74, 6) is 0.421. The molecule has 0 atom stereocenters. The van der Waals surface area contributed by atoms with Gasteiger partial charge >= 0.3 is 5.97 Å². The number of carbonyl (C=O) groups is 1. The van der Waals surface area contributed by atoms with E-state index < -0.39 is 0 Å². The van der Waals surface area contributed by atoms with Crippen molar-refractivity contribution in [2.75, 3.05) is 12.4 Å². The van der Waals surface area contributed by atoms with Gasteiger partial charge in [0.25, 0.3) is 0 Å². The highest BCUT2D eigenvalue weighted by atomic mass is 79.9. The van der Waals surface area contributed by atoms with Crippen LogP contribution in [-0.2, 0) is 4.74 Å². The number of hydrogen-bond donors (Lipinski definition) is 1. The van der Waals surface area contributed by atoms with Crippen molar-refractivity contribution < 1.29 is 9.53 Å². The molecular formula is C18H18BrN3O2. The molecule has 3 aromatic rings. The number of hydrogen-bond acceptors (Lipinski definition) is 4. The van der Waals surface area contributed by atoms with Crippen molar-refractivity contribution >= 4 is 44.6 Å². The second-order valence-electron chi connectivity index (χ2n) is 5.73. The summed E-state index contributed by atoms with van der Waals surface area (Å²) in [4.78, 5) is 16.2. The van der Waals surface area contributed by atoms with Gasteiger partial charge in [-0.1, -0.05) is 15.9 Å². The van der Waals surface area contributed by atoms with Crippen LogP contribution in [0, 0.1) is 0 Å². The summed E-state index contributed by atoms with van der Waals surface area (Å²) in [6.45, 7) is 4.24. The first-order valence-corrected chi connectivity index (χ1v) is 8.42. The molecule has 0 unspecified atom stereocenters. The van der Waals surface area contributed by atoms with Gasteiger partial charge in [0.2, 0.25) is 5.95 Å². The molecule has 0 saturated carbocycles. The molecule has 0 aliphatic rings. The maximum atomic E-state index is 11.5. The fourth-order valence-electron chi connectivity index (χ4n) is 2.62. The zero-order valence-corrected chi connectivity index (χ0v) is 15.3. The summed E-state index contributed by atoms with van der Waals surface area (Å²) in [6, 6.07) is 13.5. The van der Waals surface area contributed by atoms with Crippen molar-refractivity contribution in [3.63, 3.8) is 0 Å². The summed E-state index contributed by atoms with van der Waals surface area (Å²) < 4.78 is 7.86. The van der Waals surface area contributed by atoms with Gasteiger partial charge in [-0.2, -0.15) is 0 Å². The van der Waals surface area contributed by atoms with E-state index in [1.807, 2.05) is 24.3 Å². The number of benzene rings is 2. The molecule has 1 N–H and O–H groups in total. The molecule has 0 radical (unpaired) electrons. The second kappa shape index (κ2) is 6.65. The quantitative estimate of drug-likeness (QED) is 0.646. The molecule has 0 aliphatic carbocycles. The fraction of sp³-hybridized carbons (Fsp3) is 0.222. The number of halogens is 1. The molecule has 3 rings (SSSR count). The van der Waals surface area contributed by atoms with Gasteiger partial charge in [0.1, 0.15) is 0 Å². The molecule has 5 nitrogen and oxygen atoms in total. The number of esters is 1. The molecule has 0 aliphatic heterocycles. The normalized spacial score (nSPS) is 11.0. The lowest BCUT2D eigenvalue weighted by Crippen LogP contribution is -2.06. The highest BCUT2D eigenvalue weighted by molar-refractivity contribution is 9.10. The van der Waals surface area contributed by atoms with Gasteiger partial charge < -0.3 is 14.6 Å². The van der Waals surface area contributed by atoms with E-state index in [2.05, 4.69) is 45.7 Å². The zero-order valence-electron chi connectivity index (χ0n) is 13.7. The second-order valence-corrected chi connectivity index (χ2v) is 6.64. The number of fused-ring (bicyclic) bond motifs is 1. The summed E-state index contributed by atoms with van der Waals surface area (Å²) in [5, 5.41) is 3.33. The molecule has 6 heteroatoms. The number of anilines is 2. The van der Waals surface area contributed by atoms with Crippen molar-refractivity contribution in [2.45, 2.75) is 19.9 Å². The van der Waals surface area contributed by atoms with Crippen LogP contribution in [0.3, 0.4) is 0 Å². The maximum Gasteiger partial charge on any atom is 0.337 e. The van der Waals surface area contributed by atoms with E-state index in [9.17, 15) is 4.79 Å². The molecular weight excluding hydrogens is 370 g/mol. The first-order chi connectivity index (χ1) is 11.5. The van der Waals surface area contributed by atoms with Crippen LogP contribution in [0.2, 0.25) is 0 Å². The van der Waals surface area contributed by atoms with Gasteiger partial charge in [-0.25, -0.2) is 9.78 Å². The Kier molecular flexibility index (Phi) is 4.57. The van der Waals surface area contributed by atoms with Crippen LogP contribution in [0.4, 0.5) is 11.6 Å². The number of imidazole rings is 1. The van der Waals surface area contributed by atoms with E-state index in [0.717, 1.165) is 27.1 Å². The lowest BCUT2D eigenvalue weighted by Gasteiger charge is -2.14. The monoisotopic (exact) mass is 387 g/mol. The smallest absolute Gasteiger partial charge is 0.337 e. The fourth-order valence-corrected chi connectivity index (χ4v) is 2.97. The minimum Gasteiger partial charge on any atom is -0.465 e. The minimum atomic E-state index is -0.346. The van der Waals surface area contributed by atoms with Crippen molar-refractivity contribution in [1.29, 1.82) is 0 Å². The maximum absolute atomic E-state index is 11.5. The number of aromatic nitrogens is 2. The number of ether oxygens (including phenoxy) is 1. The van der Waals surface area contributed by atoms with Gasteiger partial charge in [0, 0.05) is 16.2 Å². The summed E-state index contributed by atoms with van der Waals surface area (Å²) in [7, 11) is 1.37. The minimum absolute atomic E-state index is 0.257. The van der Waals surface area contributed by atoms with Crippen molar-refractivity contribution in [3.05, 3.63) is 52.5 Å². The third kappa shape index (κ3) is 3.14. The van der Waals surface area contributed by atoms with E-state index in [-0.39, 0.29) is 12.0 Å². The molecule has 24 heavy (non-hydrogen) atoms. The molecule has 0 saturated heterocycles. The van der Waals surface area contributed by atoms with Gasteiger partial charge in [0.05, 0.1) is 23.7 Å². The number of nitrogens with zero attached hydrogens (tertiary/aromatic N) is 2. The molecule has 0 fully saturated rings. The van der Waals surface area contributed by atoms with E-state index in [0.29, 0.717) is 5.56 Å². The van der Waals surface area contributed by atoms with Crippen LogP contribution in [0.25, 0.3) is 11.0 Å². The Morgan fingerprint density at radius 3 is 2.54 bits per heavy atom. The van der Waals surface area contributed by atoms with Crippen LogP contribution < -0.4 is 5.32 Å². The predicted molar refractivity (Wildman–Crippen MR) is 98.9 cm³/mol. The highest BCUT2D eigenvalue weighted by Crippen LogP contribution is 2.28. The third-order valence-electron chi connectivity index (χ3n) is 3.73. The largest absolute Gasteiger partial charge is 0.465 e. The highest BCUT2D eigenvalue weighted by Gasteiger charge is 2.14. The topological polar surface area (TPSA) is 56.1 Å². The Morgan fingerprint density at radius 1 is 1.21 bits per heavy atom. The van der Waals surface area contributed by atoms with Crippen LogP contribution in [-0.4, -0.2) is 22.6 Å². The standard InChI is InChI=1S/C18H18BrN3O2/c1-11(2)22-16-9-6-13(19)10-15(16)21-18(22)20-14-7-4-12(5-8-14)17(23)24-3/h4-11H,1-3H3,(H,20,21). The average molecular weight is 388 g/mol. The summed E-state index contributed by atoms with van der Waals surface area (Å²) >= 11 is 3.48. The van der Waals surface area contributed by atoms with Crippen LogP contribution >= 0.6 is 15.9 Å². The SMILES string of the molecule is COC(=O)c1ccc(Nc2nc3cc(Br)ccc3n2C(C)C)cc1. The number of rotatable bonds is 4. The zero-order chi connectivity index (χ0) is 17.3. The molecule has 0 spiro atoms. The van der Waals surface area contributed by atoms with E-state index in [1.165, 1.54) is 7.11 Å². The number of carbonyl (C=O) groups excluding carboxylic acids is 1. The Hall–Kier alpha value is -2.34. The van der Waals surface area contributed by atoms with Gasteiger partial charge in [-0.05, 0) is 56.3 Å². The third-order valence-corrected chi connectivity index (χ3v) is 4.22. The molecule has 1 heterocycles. The Labute approximate surface area is 148 Å². The van der Waals surface area contributed by atoms with Gasteiger partial charge in [-0.3, -0.25) is 0 Å². The number of methoxy groups -OCH3 is 1. The Morgan fingerprint density at radius 2 is 1.92 bits per heavy atom. The van der Waals surface area contributed by atoms with Crippen molar-refractivity contribution in [1.82, 2.24) is 9.55 Å². The molecule has 2 aromatic carbocycles. The average Bonchev–Trinajstić information content (AvgIpc) is 2.91. The van der Waals surface area contributed by atoms with Crippen molar-refractivity contribution in [2.24, 2.45) is 0 Å². The Bertz CT molecular complexity index is 885. The Balaban J connectivity index is 1.97. The van der Waals surface area contributed by atoms with Crippen molar-refractivity contribution in [3.8, 4) is 0 Å². The molecule has 0 bridgehead atoms. The summed E-state index contributed by atoms with van der Waals surface area (Å²) in [5.41, 5.74) is 3.37. The first-order valence-electron chi connectivity index (χ1n) is 7.62. The van der Waals surface area contributed by atoms with E-state index in [4.69, 9.17) is 9.72 Å². The molecule has 124 valence electrons. The van der Waals surface area contributed by atoms with Crippen LogP contribution in [0.1, 0.15) is 30.2 Å². The van der Waals surface area contributed by atoms with Gasteiger partial charge in [-0.15, -0.1) is 0 Å². The van der Waals surface area contributed by atoms with E-state index in [1.54, 1.807) is 12.1 Å². The lowest BCUT2D eigenvalue weighted by molar-refractivity contribution is 0.0601. The predicted octanol–water partition coefficient (Wildman–Crippen LogP) is 4.91. The lowest BCUT2D eigenvalue weighted by atomic mass is 10.2. The number of nitrogens with one attached hydrogen (secondary N) is 1. The first kappa shape index (κ1) is 16.5. The van der Waals surface area contributed by atoms with E-state index >= 15 is 0 Å². The molecule has 1 aromatic heterocycles. The van der Waals surface area contributed by atoms with Crippen LogP contribution in [0.15, 0.2) is 46.9 Å². The molecule has 0 amide bonds. The van der Waals surface area contributed by atoms with Crippen LogP contribution in [0.5, 0.6) is 0 Å². The summed E-state index contributed by atoms with van der Waals surface area (Å²) in [6.07, 6.45) is 0. The van der Waals surface area contributed by atoms with Gasteiger partial charge in [0.15, 0.2) is 0 Å².